The van der Waals surface area contributed by atoms with Gasteiger partial charge in [-0.2, -0.15) is 0 Å². The second-order valence-electron chi connectivity index (χ2n) is 5.92. The fourth-order valence-electron chi connectivity index (χ4n) is 2.72. The van der Waals surface area contributed by atoms with Gasteiger partial charge in [-0.1, -0.05) is 18.2 Å². The fraction of sp³-hybridized carbons (Fsp3) is 0.238. The van der Waals surface area contributed by atoms with Gasteiger partial charge in [0.05, 0.1) is 24.3 Å². The summed E-state index contributed by atoms with van der Waals surface area (Å²) in [5, 5.41) is 9.92. The molecule has 3 aromatic rings. The molecule has 1 N–H and O–H groups in total. The Bertz CT molecular complexity index is 956. The lowest BCUT2D eigenvalue weighted by Crippen LogP contribution is -2.07. The van der Waals surface area contributed by atoms with E-state index in [9.17, 15) is 9.59 Å². The first-order valence-corrected chi connectivity index (χ1v) is 8.73. The number of ether oxygens (including phenoxy) is 2. The number of benzene rings is 2. The summed E-state index contributed by atoms with van der Waals surface area (Å²) in [6.07, 6.45) is 0.855. The number of carboxylic acid groups (broad SMARTS) is 1. The highest BCUT2D eigenvalue weighted by Gasteiger charge is 2.13. The predicted octanol–water partition coefficient (Wildman–Crippen LogP) is 4.52. The van der Waals surface area contributed by atoms with E-state index in [0.717, 1.165) is 10.9 Å². The van der Waals surface area contributed by atoms with E-state index in [1.54, 1.807) is 19.1 Å². The number of hydrogen-bond acceptors (Lipinski definition) is 5. The van der Waals surface area contributed by atoms with Crippen LogP contribution in [-0.4, -0.2) is 30.3 Å². The van der Waals surface area contributed by atoms with Gasteiger partial charge in [-0.3, -0.25) is 4.79 Å². The van der Waals surface area contributed by atoms with Gasteiger partial charge in [0.2, 0.25) is 0 Å². The summed E-state index contributed by atoms with van der Waals surface area (Å²) >= 11 is 0. The van der Waals surface area contributed by atoms with Gasteiger partial charge >= 0.3 is 11.9 Å². The third-order valence-corrected chi connectivity index (χ3v) is 4.01. The first-order chi connectivity index (χ1) is 13.1. The summed E-state index contributed by atoms with van der Waals surface area (Å²) in [6.45, 7) is 2.52. The molecule has 2 aromatic carbocycles. The number of aromatic carboxylic acids is 1. The lowest BCUT2D eigenvalue weighted by molar-refractivity contribution is -0.143. The van der Waals surface area contributed by atoms with E-state index in [1.807, 2.05) is 30.3 Å². The molecule has 0 saturated heterocycles. The maximum atomic E-state index is 11.4. The van der Waals surface area contributed by atoms with Crippen LogP contribution >= 0.6 is 0 Å². The van der Waals surface area contributed by atoms with Gasteiger partial charge in [-0.15, -0.1) is 0 Å². The number of esters is 1. The predicted molar refractivity (Wildman–Crippen MR) is 100.0 cm³/mol. The van der Waals surface area contributed by atoms with Crippen molar-refractivity contribution in [2.24, 2.45) is 0 Å². The van der Waals surface area contributed by atoms with Crippen molar-refractivity contribution in [2.45, 2.75) is 19.8 Å². The SMILES string of the molecule is CCOC(=O)CCCOc1ccccc1-c1cc2ccc(C(=O)O)cc2o1. The molecule has 0 aliphatic rings. The minimum Gasteiger partial charge on any atom is -0.493 e. The Kier molecular flexibility index (Phi) is 5.76. The Morgan fingerprint density at radius 2 is 1.93 bits per heavy atom. The highest BCUT2D eigenvalue weighted by molar-refractivity contribution is 5.94. The zero-order chi connectivity index (χ0) is 19.2. The third-order valence-electron chi connectivity index (χ3n) is 4.01. The number of furan rings is 1. The lowest BCUT2D eigenvalue weighted by atomic mass is 10.1. The molecule has 3 rings (SSSR count). The molecule has 1 heterocycles. The van der Waals surface area contributed by atoms with Gasteiger partial charge in [0.1, 0.15) is 17.1 Å². The van der Waals surface area contributed by atoms with Crippen molar-refractivity contribution in [1.29, 1.82) is 0 Å². The van der Waals surface area contributed by atoms with E-state index in [1.165, 1.54) is 6.07 Å². The van der Waals surface area contributed by atoms with Crippen molar-refractivity contribution in [3.05, 3.63) is 54.1 Å². The van der Waals surface area contributed by atoms with Gasteiger partial charge in [0.15, 0.2) is 0 Å². The molecule has 0 spiro atoms. The first-order valence-electron chi connectivity index (χ1n) is 8.73. The van der Waals surface area contributed by atoms with Gasteiger partial charge in [-0.25, -0.2) is 4.79 Å². The van der Waals surface area contributed by atoms with Gasteiger partial charge in [0.25, 0.3) is 0 Å². The van der Waals surface area contributed by atoms with Crippen molar-refractivity contribution >= 4 is 22.9 Å². The molecule has 6 heteroatoms. The van der Waals surface area contributed by atoms with Crippen LogP contribution in [0, 0.1) is 0 Å². The summed E-state index contributed by atoms with van der Waals surface area (Å²) in [4.78, 5) is 22.5. The van der Waals surface area contributed by atoms with Crippen LogP contribution in [0.5, 0.6) is 5.75 Å². The minimum absolute atomic E-state index is 0.173. The number of para-hydroxylation sites is 1. The average Bonchev–Trinajstić information content (AvgIpc) is 3.09. The molecule has 0 saturated carbocycles. The summed E-state index contributed by atoms with van der Waals surface area (Å²) in [6, 6.07) is 14.0. The van der Waals surface area contributed by atoms with Crippen molar-refractivity contribution in [3.8, 4) is 17.1 Å². The molecule has 6 nitrogen and oxygen atoms in total. The Morgan fingerprint density at radius 3 is 2.70 bits per heavy atom. The molecule has 27 heavy (non-hydrogen) atoms. The summed E-state index contributed by atoms with van der Waals surface area (Å²) < 4.78 is 16.6. The van der Waals surface area contributed by atoms with E-state index < -0.39 is 5.97 Å². The van der Waals surface area contributed by atoms with Crippen LogP contribution in [-0.2, 0) is 9.53 Å². The van der Waals surface area contributed by atoms with Crippen LogP contribution in [0.3, 0.4) is 0 Å². The third kappa shape index (κ3) is 4.47. The van der Waals surface area contributed by atoms with Crippen molar-refractivity contribution < 1.29 is 28.6 Å². The van der Waals surface area contributed by atoms with Gasteiger partial charge in [0, 0.05) is 11.8 Å². The highest BCUT2D eigenvalue weighted by atomic mass is 16.5. The number of rotatable bonds is 8. The summed E-state index contributed by atoms with van der Waals surface area (Å²) in [5.41, 5.74) is 1.44. The van der Waals surface area contributed by atoms with E-state index in [-0.39, 0.29) is 11.5 Å². The van der Waals surface area contributed by atoms with Gasteiger partial charge in [-0.05, 0) is 43.7 Å². The molecular formula is C21H20O6. The number of fused-ring (bicyclic) bond motifs is 1. The highest BCUT2D eigenvalue weighted by Crippen LogP contribution is 2.34. The number of carboxylic acids is 1. The Balaban J connectivity index is 1.76. The van der Waals surface area contributed by atoms with Crippen LogP contribution in [0.1, 0.15) is 30.1 Å². The molecule has 0 fully saturated rings. The molecule has 0 bridgehead atoms. The number of carbonyl (C=O) groups excluding carboxylic acids is 1. The standard InChI is InChI=1S/C21H20O6/c1-2-25-20(22)8-5-11-26-17-7-4-3-6-16(17)19-12-14-9-10-15(21(23)24)13-18(14)27-19/h3-4,6-7,9-10,12-13H,2,5,8,11H2,1H3,(H,23,24). The number of carbonyl (C=O) groups is 2. The zero-order valence-corrected chi connectivity index (χ0v) is 14.9. The summed E-state index contributed by atoms with van der Waals surface area (Å²) in [5.74, 6) is -0.00603. The maximum Gasteiger partial charge on any atom is 0.335 e. The largest absolute Gasteiger partial charge is 0.493 e. The van der Waals surface area contributed by atoms with E-state index >= 15 is 0 Å². The van der Waals surface area contributed by atoms with Crippen LogP contribution in [0.15, 0.2) is 52.9 Å². The molecule has 0 aliphatic carbocycles. The van der Waals surface area contributed by atoms with Crippen LogP contribution in [0.4, 0.5) is 0 Å². The monoisotopic (exact) mass is 368 g/mol. The van der Waals surface area contributed by atoms with Crippen molar-refractivity contribution in [1.82, 2.24) is 0 Å². The number of hydrogen-bond donors (Lipinski definition) is 1. The average molecular weight is 368 g/mol. The molecule has 0 unspecified atom stereocenters. The Hall–Kier alpha value is -3.28. The van der Waals surface area contributed by atoms with E-state index in [2.05, 4.69) is 0 Å². The Labute approximate surface area is 156 Å². The molecule has 0 aliphatic heterocycles. The zero-order valence-electron chi connectivity index (χ0n) is 14.9. The Morgan fingerprint density at radius 1 is 1.11 bits per heavy atom. The molecule has 140 valence electrons. The van der Waals surface area contributed by atoms with Crippen molar-refractivity contribution in [3.63, 3.8) is 0 Å². The van der Waals surface area contributed by atoms with Crippen LogP contribution in [0.25, 0.3) is 22.3 Å². The first kappa shape index (κ1) is 18.5. The smallest absolute Gasteiger partial charge is 0.335 e. The molecule has 1 aromatic heterocycles. The normalized spacial score (nSPS) is 10.7. The molecule has 0 amide bonds. The van der Waals surface area contributed by atoms with Crippen LogP contribution in [0.2, 0.25) is 0 Å². The molecule has 0 atom stereocenters. The van der Waals surface area contributed by atoms with Gasteiger partial charge < -0.3 is 19.0 Å². The molecule has 0 radical (unpaired) electrons. The maximum absolute atomic E-state index is 11.4. The van der Waals surface area contributed by atoms with E-state index in [0.29, 0.717) is 43.1 Å². The van der Waals surface area contributed by atoms with E-state index in [4.69, 9.17) is 19.0 Å². The quantitative estimate of drug-likeness (QED) is 0.465. The lowest BCUT2D eigenvalue weighted by Gasteiger charge is -2.09. The second kappa shape index (κ2) is 8.40. The van der Waals surface area contributed by atoms with Crippen LogP contribution < -0.4 is 4.74 Å². The fourth-order valence-corrected chi connectivity index (χ4v) is 2.72. The summed E-state index contributed by atoms with van der Waals surface area (Å²) in [7, 11) is 0. The minimum atomic E-state index is -1.000. The topological polar surface area (TPSA) is 86.0 Å². The molecular weight excluding hydrogens is 348 g/mol. The van der Waals surface area contributed by atoms with Crippen molar-refractivity contribution in [2.75, 3.05) is 13.2 Å². The second-order valence-corrected chi connectivity index (χ2v) is 5.92.